The van der Waals surface area contributed by atoms with E-state index in [0.29, 0.717) is 6.54 Å². The minimum atomic E-state index is -0.0376. The van der Waals surface area contributed by atoms with Crippen molar-refractivity contribution in [2.24, 2.45) is 0 Å². The molecule has 0 unspecified atom stereocenters. The van der Waals surface area contributed by atoms with Gasteiger partial charge in [-0.15, -0.1) is 0 Å². The van der Waals surface area contributed by atoms with Crippen molar-refractivity contribution >= 4 is 11.6 Å². The van der Waals surface area contributed by atoms with Crippen LogP contribution in [-0.4, -0.2) is 15.5 Å². The standard InChI is InChI=1S/C14H17N3O/c1-3-12-9-17(11(2)15-12)10-14(18)16-13-7-5-4-6-8-13/h4-9H,3,10H2,1-2H3,(H,16,18). The molecule has 0 atom stereocenters. The second-order valence-corrected chi connectivity index (χ2v) is 4.18. The third kappa shape index (κ3) is 2.97. The quantitative estimate of drug-likeness (QED) is 0.896. The number of amides is 1. The minimum Gasteiger partial charge on any atom is -0.325 e. The first-order valence-corrected chi connectivity index (χ1v) is 6.06. The van der Waals surface area contributed by atoms with Crippen LogP contribution in [0.25, 0.3) is 0 Å². The number of carbonyl (C=O) groups is 1. The van der Waals surface area contributed by atoms with Gasteiger partial charge in [0.25, 0.3) is 0 Å². The van der Waals surface area contributed by atoms with E-state index in [1.807, 2.05) is 48.0 Å². The summed E-state index contributed by atoms with van der Waals surface area (Å²) < 4.78 is 1.87. The molecule has 1 N–H and O–H groups in total. The van der Waals surface area contributed by atoms with Gasteiger partial charge in [0.05, 0.1) is 5.69 Å². The smallest absolute Gasteiger partial charge is 0.244 e. The van der Waals surface area contributed by atoms with Gasteiger partial charge in [0.1, 0.15) is 12.4 Å². The SMILES string of the molecule is CCc1cn(CC(=O)Nc2ccccc2)c(C)n1. The zero-order chi connectivity index (χ0) is 13.0. The highest BCUT2D eigenvalue weighted by atomic mass is 16.1. The lowest BCUT2D eigenvalue weighted by atomic mass is 10.3. The zero-order valence-electron chi connectivity index (χ0n) is 10.7. The second-order valence-electron chi connectivity index (χ2n) is 4.18. The first-order chi connectivity index (χ1) is 8.69. The Balaban J connectivity index is 2.01. The number of nitrogens with one attached hydrogen (secondary N) is 1. The van der Waals surface area contributed by atoms with E-state index >= 15 is 0 Å². The van der Waals surface area contributed by atoms with E-state index in [0.717, 1.165) is 23.6 Å². The fourth-order valence-electron chi connectivity index (χ4n) is 1.78. The van der Waals surface area contributed by atoms with Crippen LogP contribution in [-0.2, 0) is 17.8 Å². The Hall–Kier alpha value is -2.10. The zero-order valence-corrected chi connectivity index (χ0v) is 10.7. The molecule has 0 bridgehead atoms. The first-order valence-electron chi connectivity index (χ1n) is 6.06. The molecule has 0 aliphatic heterocycles. The molecule has 18 heavy (non-hydrogen) atoms. The molecule has 1 heterocycles. The minimum absolute atomic E-state index is 0.0376. The van der Waals surface area contributed by atoms with E-state index < -0.39 is 0 Å². The normalized spacial score (nSPS) is 10.3. The van der Waals surface area contributed by atoms with E-state index in [9.17, 15) is 4.79 Å². The summed E-state index contributed by atoms with van der Waals surface area (Å²) in [6.07, 6.45) is 2.81. The number of aryl methyl sites for hydroxylation is 2. The van der Waals surface area contributed by atoms with Gasteiger partial charge in [0.2, 0.25) is 5.91 Å². The molecule has 0 aliphatic carbocycles. The molecule has 0 saturated carbocycles. The average Bonchev–Trinajstić information content (AvgIpc) is 2.71. The van der Waals surface area contributed by atoms with E-state index in [4.69, 9.17) is 0 Å². The van der Waals surface area contributed by atoms with Gasteiger partial charge < -0.3 is 9.88 Å². The van der Waals surface area contributed by atoms with Crippen LogP contribution >= 0.6 is 0 Å². The summed E-state index contributed by atoms with van der Waals surface area (Å²) in [5, 5.41) is 2.86. The molecule has 2 rings (SSSR count). The second kappa shape index (κ2) is 5.49. The predicted molar refractivity (Wildman–Crippen MR) is 71.4 cm³/mol. The Morgan fingerprint density at radius 3 is 2.67 bits per heavy atom. The van der Waals surface area contributed by atoms with Crippen molar-refractivity contribution < 1.29 is 4.79 Å². The summed E-state index contributed by atoms with van der Waals surface area (Å²) in [6.45, 7) is 4.26. The van der Waals surface area contributed by atoms with Crippen molar-refractivity contribution in [3.05, 3.63) is 48.0 Å². The van der Waals surface area contributed by atoms with Gasteiger partial charge in [-0.25, -0.2) is 4.98 Å². The highest BCUT2D eigenvalue weighted by Gasteiger charge is 2.07. The maximum absolute atomic E-state index is 11.9. The summed E-state index contributed by atoms with van der Waals surface area (Å²) in [5.41, 5.74) is 1.83. The summed E-state index contributed by atoms with van der Waals surface area (Å²) in [7, 11) is 0. The molecule has 0 aliphatic rings. The number of rotatable bonds is 4. The largest absolute Gasteiger partial charge is 0.325 e. The van der Waals surface area contributed by atoms with Gasteiger partial charge in [-0.05, 0) is 25.5 Å². The Kier molecular flexibility index (Phi) is 3.77. The molecule has 1 aromatic heterocycles. The molecule has 0 fully saturated rings. The van der Waals surface area contributed by atoms with E-state index in [2.05, 4.69) is 17.2 Å². The lowest BCUT2D eigenvalue weighted by Gasteiger charge is -2.06. The highest BCUT2D eigenvalue weighted by Crippen LogP contribution is 2.07. The number of nitrogens with zero attached hydrogens (tertiary/aromatic N) is 2. The number of aromatic nitrogens is 2. The molecule has 0 spiro atoms. The van der Waals surface area contributed by atoms with Gasteiger partial charge in [0.15, 0.2) is 0 Å². The Morgan fingerprint density at radius 1 is 1.33 bits per heavy atom. The monoisotopic (exact) mass is 243 g/mol. The van der Waals surface area contributed by atoms with Crippen molar-refractivity contribution in [2.45, 2.75) is 26.8 Å². The maximum Gasteiger partial charge on any atom is 0.244 e. The van der Waals surface area contributed by atoms with Crippen LogP contribution in [0.15, 0.2) is 36.5 Å². The number of hydrogen-bond acceptors (Lipinski definition) is 2. The van der Waals surface area contributed by atoms with E-state index in [1.54, 1.807) is 0 Å². The fraction of sp³-hybridized carbons (Fsp3) is 0.286. The molecule has 94 valence electrons. The molecule has 0 saturated heterocycles. The van der Waals surface area contributed by atoms with Crippen LogP contribution in [0.1, 0.15) is 18.4 Å². The van der Waals surface area contributed by atoms with Crippen molar-refractivity contribution in [1.29, 1.82) is 0 Å². The number of para-hydroxylation sites is 1. The molecule has 1 amide bonds. The predicted octanol–water partition coefficient (Wildman–Crippen LogP) is 2.39. The maximum atomic E-state index is 11.9. The van der Waals surface area contributed by atoms with Gasteiger partial charge in [-0.1, -0.05) is 25.1 Å². The summed E-state index contributed by atoms with van der Waals surface area (Å²) >= 11 is 0. The first kappa shape index (κ1) is 12.4. The Morgan fingerprint density at radius 2 is 2.06 bits per heavy atom. The Bertz CT molecular complexity index is 531. The van der Waals surface area contributed by atoms with Crippen LogP contribution < -0.4 is 5.32 Å². The van der Waals surface area contributed by atoms with E-state index in [1.165, 1.54) is 0 Å². The van der Waals surface area contributed by atoms with E-state index in [-0.39, 0.29) is 5.91 Å². The van der Waals surface area contributed by atoms with Gasteiger partial charge in [-0.2, -0.15) is 0 Å². The van der Waals surface area contributed by atoms with Crippen molar-refractivity contribution in [1.82, 2.24) is 9.55 Å². The summed E-state index contributed by atoms with van der Waals surface area (Å²) in [6, 6.07) is 9.45. The third-order valence-electron chi connectivity index (χ3n) is 2.76. The number of anilines is 1. The molecule has 2 aromatic rings. The fourth-order valence-corrected chi connectivity index (χ4v) is 1.78. The third-order valence-corrected chi connectivity index (χ3v) is 2.76. The number of benzene rings is 1. The number of carbonyl (C=O) groups excluding carboxylic acids is 1. The van der Waals surface area contributed by atoms with Gasteiger partial charge in [-0.3, -0.25) is 4.79 Å². The van der Waals surface area contributed by atoms with Crippen molar-refractivity contribution in [2.75, 3.05) is 5.32 Å². The number of imidazole rings is 1. The molecule has 4 heteroatoms. The summed E-state index contributed by atoms with van der Waals surface area (Å²) in [5.74, 6) is 0.833. The highest BCUT2D eigenvalue weighted by molar-refractivity contribution is 5.90. The van der Waals surface area contributed by atoms with Gasteiger partial charge >= 0.3 is 0 Å². The Labute approximate surface area is 107 Å². The molecule has 1 aromatic carbocycles. The van der Waals surface area contributed by atoms with Crippen LogP contribution in [0, 0.1) is 6.92 Å². The number of hydrogen-bond donors (Lipinski definition) is 1. The lowest BCUT2D eigenvalue weighted by molar-refractivity contribution is -0.116. The molecule has 0 radical (unpaired) electrons. The van der Waals surface area contributed by atoms with Gasteiger partial charge in [0, 0.05) is 11.9 Å². The molecular weight excluding hydrogens is 226 g/mol. The van der Waals surface area contributed by atoms with Crippen LogP contribution in [0.2, 0.25) is 0 Å². The molecule has 4 nitrogen and oxygen atoms in total. The van der Waals surface area contributed by atoms with Crippen LogP contribution in [0.4, 0.5) is 5.69 Å². The lowest BCUT2D eigenvalue weighted by Crippen LogP contribution is -2.18. The topological polar surface area (TPSA) is 46.9 Å². The van der Waals surface area contributed by atoms with Crippen LogP contribution in [0.5, 0.6) is 0 Å². The molecular formula is C14H17N3O. The van der Waals surface area contributed by atoms with Crippen LogP contribution in [0.3, 0.4) is 0 Å². The summed E-state index contributed by atoms with van der Waals surface area (Å²) in [4.78, 5) is 16.2. The average molecular weight is 243 g/mol. The van der Waals surface area contributed by atoms with Crippen molar-refractivity contribution in [3.63, 3.8) is 0 Å². The van der Waals surface area contributed by atoms with Crippen molar-refractivity contribution in [3.8, 4) is 0 Å².